The van der Waals surface area contributed by atoms with Gasteiger partial charge in [-0.2, -0.15) is 13.2 Å². The van der Waals surface area contributed by atoms with Gasteiger partial charge in [-0.25, -0.2) is 9.97 Å². The Kier molecular flexibility index (Phi) is 5.48. The molecule has 1 aromatic carbocycles. The molecule has 0 amide bonds. The van der Waals surface area contributed by atoms with E-state index in [1.54, 1.807) is 18.2 Å². The van der Waals surface area contributed by atoms with Crippen molar-refractivity contribution in [3.63, 3.8) is 0 Å². The number of nitrogens with zero attached hydrogens (tertiary/aromatic N) is 5. The van der Waals surface area contributed by atoms with Gasteiger partial charge in [0, 0.05) is 48.6 Å². The lowest BCUT2D eigenvalue weighted by atomic mass is 9.86. The second-order valence-electron chi connectivity index (χ2n) is 8.98. The molecule has 2 aliphatic heterocycles. The predicted octanol–water partition coefficient (Wildman–Crippen LogP) is 4.81. The highest BCUT2D eigenvalue weighted by Gasteiger charge is 2.44. The molecule has 0 bridgehead atoms. The quantitative estimate of drug-likeness (QED) is 0.388. The van der Waals surface area contributed by atoms with Crippen molar-refractivity contribution in [2.75, 3.05) is 31.1 Å². The molecule has 2 saturated heterocycles. The first-order chi connectivity index (χ1) is 15.7. The average molecular weight is 478 g/mol. The molecule has 2 aliphatic rings. The number of fused-ring (bicyclic) bond motifs is 1. The maximum Gasteiger partial charge on any atom is 0.393 e. The normalized spacial score (nSPS) is 21.5. The van der Waals surface area contributed by atoms with Crippen LogP contribution in [0.15, 0.2) is 36.7 Å². The van der Waals surface area contributed by atoms with Crippen LogP contribution in [-0.4, -0.2) is 52.1 Å². The fourth-order valence-electron chi connectivity index (χ4n) is 5.07. The molecule has 1 unspecified atom stereocenters. The maximum absolute atomic E-state index is 12.8. The number of aromatic nitrogens is 2. The highest BCUT2D eigenvalue weighted by molar-refractivity contribution is 7.18. The summed E-state index contributed by atoms with van der Waals surface area (Å²) < 4.78 is 38.5. The van der Waals surface area contributed by atoms with Crippen molar-refractivity contribution in [1.29, 1.82) is 0 Å². The van der Waals surface area contributed by atoms with E-state index in [0.717, 1.165) is 55.9 Å². The van der Waals surface area contributed by atoms with Gasteiger partial charge >= 0.3 is 6.18 Å². The molecule has 0 saturated carbocycles. The molecule has 0 N–H and O–H groups in total. The number of rotatable bonds is 5. The Labute approximate surface area is 192 Å². The summed E-state index contributed by atoms with van der Waals surface area (Å²) in [5, 5.41) is 11.7. The lowest BCUT2D eigenvalue weighted by Gasteiger charge is -2.25. The van der Waals surface area contributed by atoms with Crippen molar-refractivity contribution in [2.45, 2.75) is 32.0 Å². The molecule has 2 fully saturated rings. The average Bonchev–Trinajstić information content (AvgIpc) is 3.45. The number of thiophene rings is 1. The number of hydrogen-bond donors (Lipinski definition) is 0. The van der Waals surface area contributed by atoms with Crippen LogP contribution in [-0.2, 0) is 13.0 Å². The van der Waals surface area contributed by atoms with E-state index in [-0.39, 0.29) is 20.9 Å². The van der Waals surface area contributed by atoms with Crippen molar-refractivity contribution in [1.82, 2.24) is 14.9 Å². The van der Waals surface area contributed by atoms with Crippen molar-refractivity contribution in [3.8, 4) is 0 Å². The second-order valence-corrected chi connectivity index (χ2v) is 10.1. The van der Waals surface area contributed by atoms with Gasteiger partial charge in [0.05, 0.1) is 16.7 Å². The zero-order valence-electron chi connectivity index (χ0n) is 17.7. The largest absolute Gasteiger partial charge is 0.393 e. The summed E-state index contributed by atoms with van der Waals surface area (Å²) in [7, 11) is 0. The van der Waals surface area contributed by atoms with E-state index in [4.69, 9.17) is 0 Å². The number of anilines is 1. The van der Waals surface area contributed by atoms with Crippen LogP contribution in [0.3, 0.4) is 0 Å². The smallest absolute Gasteiger partial charge is 0.355 e. The van der Waals surface area contributed by atoms with Crippen LogP contribution < -0.4 is 4.90 Å². The summed E-state index contributed by atoms with van der Waals surface area (Å²) in [6.45, 7) is 4.02. The lowest BCUT2D eigenvalue weighted by molar-refractivity contribution is -0.384. The molecule has 33 heavy (non-hydrogen) atoms. The number of likely N-dealkylation sites (tertiary alicyclic amines) is 1. The molecule has 7 nitrogen and oxygen atoms in total. The highest BCUT2D eigenvalue weighted by atomic mass is 32.1. The molecule has 174 valence electrons. The highest BCUT2D eigenvalue weighted by Crippen LogP contribution is 2.43. The number of non-ortho nitro benzene ring substituents is 1. The molecule has 3 aromatic rings. The van der Waals surface area contributed by atoms with Gasteiger partial charge in [-0.3, -0.25) is 15.0 Å². The first-order valence-electron chi connectivity index (χ1n) is 10.7. The summed E-state index contributed by atoms with van der Waals surface area (Å²) >= 11 is 1.07. The van der Waals surface area contributed by atoms with Crippen LogP contribution in [0.25, 0.3) is 10.2 Å². The Morgan fingerprint density at radius 1 is 1.15 bits per heavy atom. The minimum Gasteiger partial charge on any atom is -0.355 e. The summed E-state index contributed by atoms with van der Waals surface area (Å²) in [4.78, 5) is 24.6. The second kappa shape index (κ2) is 8.21. The Morgan fingerprint density at radius 2 is 1.97 bits per heavy atom. The van der Waals surface area contributed by atoms with Crippen LogP contribution in [0.1, 0.15) is 23.3 Å². The van der Waals surface area contributed by atoms with Crippen molar-refractivity contribution >= 4 is 33.1 Å². The predicted molar refractivity (Wildman–Crippen MR) is 119 cm³/mol. The molecule has 4 heterocycles. The monoisotopic (exact) mass is 477 g/mol. The zero-order chi connectivity index (χ0) is 23.2. The number of benzene rings is 1. The maximum atomic E-state index is 12.8. The Hall–Kier alpha value is -2.79. The topological polar surface area (TPSA) is 75.4 Å². The van der Waals surface area contributed by atoms with E-state index in [1.165, 1.54) is 12.4 Å². The number of alkyl halides is 3. The van der Waals surface area contributed by atoms with Gasteiger partial charge in [0.2, 0.25) is 0 Å². The molecular weight excluding hydrogens is 455 g/mol. The van der Waals surface area contributed by atoms with Gasteiger partial charge in [-0.15, -0.1) is 11.3 Å². The number of nitro groups is 1. The van der Waals surface area contributed by atoms with Crippen LogP contribution >= 0.6 is 11.3 Å². The fourth-order valence-corrected chi connectivity index (χ4v) is 6.09. The molecule has 2 aromatic heterocycles. The van der Waals surface area contributed by atoms with Gasteiger partial charge in [0.1, 0.15) is 17.0 Å². The summed E-state index contributed by atoms with van der Waals surface area (Å²) in [6.07, 6.45) is -1.79. The molecule has 5 rings (SSSR count). The van der Waals surface area contributed by atoms with Crippen molar-refractivity contribution < 1.29 is 18.1 Å². The summed E-state index contributed by atoms with van der Waals surface area (Å²) in [6, 6.07) is 8.32. The molecular formula is C22H22F3N5O2S. The molecule has 0 aliphatic carbocycles. The number of hydrogen-bond acceptors (Lipinski definition) is 7. The van der Waals surface area contributed by atoms with Gasteiger partial charge in [-0.1, -0.05) is 12.1 Å². The standard InChI is InChI=1S/C22H22F3N5O2S/c23-22(24,25)10-17-9-18-19(26-14-27-20(18)33-17)29-7-5-21(13-29)4-6-28(12-21)11-15-2-1-3-16(8-15)30(31)32/h1-3,8-9,14H,4-7,10-13H2. The number of nitro benzene ring substituents is 1. The van der Waals surface area contributed by atoms with E-state index in [0.29, 0.717) is 22.6 Å². The van der Waals surface area contributed by atoms with Gasteiger partial charge in [-0.05, 0) is 31.0 Å². The van der Waals surface area contributed by atoms with E-state index < -0.39 is 12.6 Å². The summed E-state index contributed by atoms with van der Waals surface area (Å²) in [5.74, 6) is 0.707. The molecule has 11 heteroatoms. The molecule has 1 atom stereocenters. The summed E-state index contributed by atoms with van der Waals surface area (Å²) in [5.41, 5.74) is 1.11. The van der Waals surface area contributed by atoms with E-state index >= 15 is 0 Å². The third kappa shape index (κ3) is 4.65. The minimum absolute atomic E-state index is 0.0861. The minimum atomic E-state index is -4.25. The van der Waals surface area contributed by atoms with Crippen LogP contribution in [0.4, 0.5) is 24.7 Å². The van der Waals surface area contributed by atoms with Gasteiger partial charge in [0.15, 0.2) is 0 Å². The van der Waals surface area contributed by atoms with Crippen LogP contribution in [0.2, 0.25) is 0 Å². The number of halogens is 3. The lowest BCUT2D eigenvalue weighted by Crippen LogP contribution is -2.31. The Bertz CT molecular complexity index is 1200. The van der Waals surface area contributed by atoms with E-state index in [9.17, 15) is 23.3 Å². The van der Waals surface area contributed by atoms with E-state index in [2.05, 4.69) is 19.8 Å². The SMILES string of the molecule is O=[N+]([O-])c1cccc(CN2CCC3(CCN(c4ncnc5sc(CC(F)(F)F)cc45)C3)C2)c1. The third-order valence-electron chi connectivity index (χ3n) is 6.52. The molecule has 1 spiro atoms. The van der Waals surface area contributed by atoms with Gasteiger partial charge < -0.3 is 4.90 Å². The fraction of sp³-hybridized carbons (Fsp3) is 0.455. The van der Waals surface area contributed by atoms with Crippen LogP contribution in [0.5, 0.6) is 0 Å². The zero-order valence-corrected chi connectivity index (χ0v) is 18.5. The Balaban J connectivity index is 1.29. The van der Waals surface area contributed by atoms with Gasteiger partial charge in [0.25, 0.3) is 5.69 Å². The molecule has 0 radical (unpaired) electrons. The first kappa shape index (κ1) is 22.0. The van der Waals surface area contributed by atoms with E-state index in [1.807, 2.05) is 6.07 Å². The Morgan fingerprint density at radius 3 is 2.76 bits per heavy atom. The van der Waals surface area contributed by atoms with Crippen molar-refractivity contribution in [3.05, 3.63) is 57.2 Å². The van der Waals surface area contributed by atoms with Crippen molar-refractivity contribution in [2.24, 2.45) is 5.41 Å². The third-order valence-corrected chi connectivity index (χ3v) is 7.56. The first-order valence-corrected chi connectivity index (χ1v) is 11.5. The van der Waals surface area contributed by atoms with Crippen LogP contribution in [0, 0.1) is 15.5 Å².